The molecule has 154 valence electrons. The number of ketones is 1. The van der Waals surface area contributed by atoms with E-state index in [-0.39, 0.29) is 35.5 Å². The van der Waals surface area contributed by atoms with Crippen LogP contribution in [0.25, 0.3) is 0 Å². The third kappa shape index (κ3) is 8.27. The second kappa shape index (κ2) is 11.8. The molecular formula is C21H24FN3O3S. The highest BCUT2D eigenvalue weighted by molar-refractivity contribution is 7.80. The highest BCUT2D eigenvalue weighted by Crippen LogP contribution is 2.14. The van der Waals surface area contributed by atoms with Crippen molar-refractivity contribution in [2.75, 3.05) is 6.61 Å². The highest BCUT2D eigenvalue weighted by Gasteiger charge is 2.10. The van der Waals surface area contributed by atoms with Gasteiger partial charge in [0, 0.05) is 24.9 Å². The summed E-state index contributed by atoms with van der Waals surface area (Å²) < 4.78 is 18.3. The fraction of sp³-hybridized carbons (Fsp3) is 0.286. The number of nitrogens with one attached hydrogen (secondary N) is 3. The van der Waals surface area contributed by atoms with E-state index in [0.717, 1.165) is 12.0 Å². The number of amides is 1. The van der Waals surface area contributed by atoms with Crippen molar-refractivity contribution in [3.63, 3.8) is 0 Å². The average molecular weight is 418 g/mol. The Morgan fingerprint density at radius 2 is 1.69 bits per heavy atom. The van der Waals surface area contributed by atoms with E-state index in [9.17, 15) is 14.0 Å². The lowest BCUT2D eigenvalue weighted by Crippen LogP contribution is -2.46. The number of rotatable bonds is 9. The summed E-state index contributed by atoms with van der Waals surface area (Å²) in [5.74, 6) is -0.0737. The third-order valence-corrected chi connectivity index (χ3v) is 4.16. The van der Waals surface area contributed by atoms with E-state index in [2.05, 4.69) is 16.2 Å². The fourth-order valence-corrected chi connectivity index (χ4v) is 2.47. The molecule has 3 N–H and O–H groups in total. The normalized spacial score (nSPS) is 10.1. The van der Waals surface area contributed by atoms with Gasteiger partial charge in [-0.25, -0.2) is 4.39 Å². The number of thiocarbonyl (C=S) groups is 1. The van der Waals surface area contributed by atoms with Gasteiger partial charge in [-0.3, -0.25) is 20.4 Å². The molecule has 2 aromatic rings. The molecule has 0 aliphatic rings. The fourth-order valence-electron chi connectivity index (χ4n) is 2.35. The zero-order chi connectivity index (χ0) is 21.1. The first-order valence-electron chi connectivity index (χ1n) is 9.31. The number of hydrogen-bond acceptors (Lipinski definition) is 4. The lowest BCUT2D eigenvalue weighted by Gasteiger charge is -2.11. The predicted molar refractivity (Wildman–Crippen MR) is 113 cm³/mol. The van der Waals surface area contributed by atoms with Crippen molar-refractivity contribution in [2.45, 2.75) is 32.7 Å². The zero-order valence-corrected chi connectivity index (χ0v) is 17.0. The number of carbonyl (C=O) groups excluding carboxylic acids is 2. The summed E-state index contributed by atoms with van der Waals surface area (Å²) in [5.41, 5.74) is 6.39. The molecule has 2 aromatic carbocycles. The van der Waals surface area contributed by atoms with Crippen molar-refractivity contribution < 1.29 is 18.7 Å². The van der Waals surface area contributed by atoms with Crippen molar-refractivity contribution >= 4 is 29.0 Å². The van der Waals surface area contributed by atoms with Crippen molar-refractivity contribution in [3.05, 3.63) is 65.5 Å². The molecule has 2 rings (SSSR count). The van der Waals surface area contributed by atoms with Gasteiger partial charge in [0.2, 0.25) is 5.91 Å². The molecule has 8 heteroatoms. The Morgan fingerprint density at radius 3 is 2.34 bits per heavy atom. The number of ether oxygens (including phenoxy) is 1. The summed E-state index contributed by atoms with van der Waals surface area (Å²) in [5, 5.41) is 3.11. The van der Waals surface area contributed by atoms with Gasteiger partial charge in [-0.15, -0.1) is 0 Å². The molecule has 1 amide bonds. The van der Waals surface area contributed by atoms with Crippen molar-refractivity contribution in [2.24, 2.45) is 0 Å². The van der Waals surface area contributed by atoms with Crippen LogP contribution in [0.1, 0.15) is 42.1 Å². The number of benzene rings is 2. The Bertz CT molecular complexity index is 826. The van der Waals surface area contributed by atoms with Gasteiger partial charge in [-0.1, -0.05) is 19.1 Å². The Kier molecular flexibility index (Phi) is 9.04. The molecule has 0 fully saturated rings. The van der Waals surface area contributed by atoms with Crippen LogP contribution in [-0.2, 0) is 11.3 Å². The molecule has 0 unspecified atom stereocenters. The second-order valence-electron chi connectivity index (χ2n) is 6.28. The summed E-state index contributed by atoms with van der Waals surface area (Å²) in [7, 11) is 0. The van der Waals surface area contributed by atoms with E-state index >= 15 is 0 Å². The number of hydrazine groups is 1. The van der Waals surface area contributed by atoms with Crippen molar-refractivity contribution in [3.8, 4) is 5.75 Å². The molecule has 29 heavy (non-hydrogen) atoms. The van der Waals surface area contributed by atoms with Crippen LogP contribution in [-0.4, -0.2) is 23.4 Å². The molecule has 0 radical (unpaired) electrons. The second-order valence-corrected chi connectivity index (χ2v) is 6.69. The standard InChI is InChI=1S/C21H24FN3O3S/c1-2-13-28-18-9-5-16(6-10-18)19(26)11-12-20(27)24-25-21(29)23-14-15-3-7-17(22)8-4-15/h3-10H,2,11-14H2,1H3,(H,24,27)(H2,23,25,29). The minimum atomic E-state index is -0.354. The first-order chi connectivity index (χ1) is 14.0. The minimum absolute atomic E-state index is 0.0283. The van der Waals surface area contributed by atoms with Crippen LogP contribution >= 0.6 is 12.2 Å². The maximum atomic E-state index is 12.9. The van der Waals surface area contributed by atoms with E-state index in [4.69, 9.17) is 17.0 Å². The van der Waals surface area contributed by atoms with E-state index in [1.807, 2.05) is 6.92 Å². The first kappa shape index (κ1) is 22.3. The van der Waals surface area contributed by atoms with Crippen LogP contribution in [0.2, 0.25) is 0 Å². The summed E-state index contributed by atoms with van der Waals surface area (Å²) in [6.45, 7) is 3.03. The van der Waals surface area contributed by atoms with Crippen LogP contribution in [0.5, 0.6) is 5.75 Å². The number of halogens is 1. The van der Waals surface area contributed by atoms with E-state index in [0.29, 0.717) is 24.5 Å². The van der Waals surface area contributed by atoms with Crippen LogP contribution in [0.4, 0.5) is 4.39 Å². The van der Waals surface area contributed by atoms with Crippen molar-refractivity contribution in [1.82, 2.24) is 16.2 Å². The number of hydrogen-bond donors (Lipinski definition) is 3. The SMILES string of the molecule is CCCOc1ccc(C(=O)CCC(=O)NNC(=S)NCc2ccc(F)cc2)cc1. The van der Waals surface area contributed by atoms with Gasteiger partial charge in [-0.05, 0) is 60.6 Å². The monoisotopic (exact) mass is 417 g/mol. The molecule has 0 saturated carbocycles. The van der Waals surface area contributed by atoms with Crippen LogP contribution in [0.3, 0.4) is 0 Å². The maximum Gasteiger partial charge on any atom is 0.238 e. The lowest BCUT2D eigenvalue weighted by molar-refractivity contribution is -0.121. The minimum Gasteiger partial charge on any atom is -0.494 e. The molecule has 0 saturated heterocycles. The van der Waals surface area contributed by atoms with Gasteiger partial charge in [0.15, 0.2) is 10.9 Å². The first-order valence-corrected chi connectivity index (χ1v) is 9.72. The molecule has 0 heterocycles. The maximum absolute atomic E-state index is 12.9. The molecule has 0 aromatic heterocycles. The summed E-state index contributed by atoms with van der Waals surface area (Å²) >= 11 is 5.06. The predicted octanol–water partition coefficient (Wildman–Crippen LogP) is 3.27. The lowest BCUT2D eigenvalue weighted by atomic mass is 10.1. The molecule has 0 bridgehead atoms. The van der Waals surface area contributed by atoms with E-state index < -0.39 is 0 Å². The van der Waals surface area contributed by atoms with Gasteiger partial charge in [0.1, 0.15) is 11.6 Å². The Hall–Kier alpha value is -3.00. The number of Topliss-reactive ketones (excluding diaryl/α,β-unsaturated/α-hetero) is 1. The van der Waals surface area contributed by atoms with E-state index in [1.54, 1.807) is 36.4 Å². The Labute approximate surface area is 174 Å². The molecule has 0 atom stereocenters. The van der Waals surface area contributed by atoms with E-state index in [1.165, 1.54) is 12.1 Å². The summed E-state index contributed by atoms with van der Waals surface area (Å²) in [6.07, 6.45) is 1.02. The zero-order valence-electron chi connectivity index (χ0n) is 16.2. The van der Waals surface area contributed by atoms with Gasteiger partial charge in [-0.2, -0.15) is 0 Å². The summed E-state index contributed by atoms with van der Waals surface area (Å²) in [4.78, 5) is 24.1. The van der Waals surface area contributed by atoms with Crippen LogP contribution in [0.15, 0.2) is 48.5 Å². The molecule has 0 spiro atoms. The molecule has 6 nitrogen and oxygen atoms in total. The molecular weight excluding hydrogens is 393 g/mol. The topological polar surface area (TPSA) is 79.5 Å². The summed E-state index contributed by atoms with van der Waals surface area (Å²) in [6, 6.07) is 12.9. The van der Waals surface area contributed by atoms with Gasteiger partial charge >= 0.3 is 0 Å². The number of carbonyl (C=O) groups is 2. The molecule has 0 aliphatic heterocycles. The van der Waals surface area contributed by atoms with Crippen LogP contribution < -0.4 is 20.9 Å². The third-order valence-electron chi connectivity index (χ3n) is 3.91. The molecule has 0 aliphatic carbocycles. The van der Waals surface area contributed by atoms with Gasteiger partial charge in [0.05, 0.1) is 6.61 Å². The Morgan fingerprint density at radius 1 is 1.00 bits per heavy atom. The van der Waals surface area contributed by atoms with Gasteiger partial charge in [0.25, 0.3) is 0 Å². The quantitative estimate of drug-likeness (QED) is 0.330. The smallest absolute Gasteiger partial charge is 0.238 e. The average Bonchev–Trinajstić information content (AvgIpc) is 2.74. The highest BCUT2D eigenvalue weighted by atomic mass is 32.1. The van der Waals surface area contributed by atoms with Gasteiger partial charge < -0.3 is 10.1 Å². The Balaban J connectivity index is 1.66. The van der Waals surface area contributed by atoms with Crippen molar-refractivity contribution in [1.29, 1.82) is 0 Å². The van der Waals surface area contributed by atoms with Crippen LogP contribution in [0, 0.1) is 5.82 Å². The largest absolute Gasteiger partial charge is 0.494 e.